The van der Waals surface area contributed by atoms with Crippen molar-refractivity contribution in [1.29, 1.82) is 0 Å². The maximum atomic E-state index is 13.2. The zero-order valence-corrected chi connectivity index (χ0v) is 18.6. The van der Waals surface area contributed by atoms with Crippen LogP contribution in [0.25, 0.3) is 5.76 Å². The first-order chi connectivity index (χ1) is 16.4. The molecule has 2 heterocycles. The van der Waals surface area contributed by atoms with E-state index in [1.165, 1.54) is 30.2 Å². The lowest BCUT2D eigenvalue weighted by Gasteiger charge is -2.26. The van der Waals surface area contributed by atoms with E-state index in [9.17, 15) is 19.8 Å². The molecular formula is C25H18ClNO7. The quantitative estimate of drug-likeness (QED) is 0.324. The number of nitrogens with zero attached hydrogens (tertiary/aromatic N) is 1. The van der Waals surface area contributed by atoms with Gasteiger partial charge in [-0.3, -0.25) is 14.5 Å². The number of rotatable bonds is 4. The number of phenolic OH excluding ortho intramolecular Hbond substituents is 1. The summed E-state index contributed by atoms with van der Waals surface area (Å²) < 4.78 is 15.8. The van der Waals surface area contributed by atoms with Gasteiger partial charge in [-0.2, -0.15) is 0 Å². The number of amides is 1. The van der Waals surface area contributed by atoms with Crippen LogP contribution >= 0.6 is 11.6 Å². The van der Waals surface area contributed by atoms with E-state index in [0.717, 1.165) is 0 Å². The summed E-state index contributed by atoms with van der Waals surface area (Å²) in [5, 5.41) is 22.0. The number of carbonyl (C=O) groups is 2. The number of aliphatic hydroxyl groups is 1. The van der Waals surface area contributed by atoms with Crippen LogP contribution in [-0.2, 0) is 9.59 Å². The molecule has 0 radical (unpaired) electrons. The summed E-state index contributed by atoms with van der Waals surface area (Å²) in [5.41, 5.74) is 0.879. The standard InChI is InChI=1S/C25H18ClNO7/c1-32-18-7-5-13(9-17(18)28)22-21(23(29)14-6-8-19-20(10-14)34-12-33-19)24(30)25(31)27(22)16-4-2-3-15(26)11-16/h2-11,22,28-29H,12H2,1H3/b23-21-. The Bertz CT molecular complexity index is 1370. The highest BCUT2D eigenvalue weighted by Crippen LogP contribution is 2.45. The summed E-state index contributed by atoms with van der Waals surface area (Å²) in [6.07, 6.45) is 0. The van der Waals surface area contributed by atoms with Gasteiger partial charge in [0.05, 0.1) is 18.7 Å². The first-order valence-electron chi connectivity index (χ1n) is 10.2. The summed E-state index contributed by atoms with van der Waals surface area (Å²) in [6.45, 7) is 0.0455. The number of aromatic hydroxyl groups is 1. The van der Waals surface area contributed by atoms with Gasteiger partial charge in [-0.15, -0.1) is 0 Å². The molecule has 34 heavy (non-hydrogen) atoms. The largest absolute Gasteiger partial charge is 0.507 e. The molecule has 3 aromatic carbocycles. The van der Waals surface area contributed by atoms with Crippen LogP contribution in [0.5, 0.6) is 23.0 Å². The highest BCUT2D eigenvalue weighted by Gasteiger charge is 2.47. The van der Waals surface area contributed by atoms with Gasteiger partial charge in [0.2, 0.25) is 6.79 Å². The molecule has 1 saturated heterocycles. The lowest BCUT2D eigenvalue weighted by Crippen LogP contribution is -2.29. The number of anilines is 1. The average Bonchev–Trinajstić information content (AvgIpc) is 3.40. The molecular weight excluding hydrogens is 462 g/mol. The van der Waals surface area contributed by atoms with Crippen molar-refractivity contribution in [2.24, 2.45) is 0 Å². The molecule has 9 heteroatoms. The molecule has 2 N–H and O–H groups in total. The average molecular weight is 480 g/mol. The molecule has 8 nitrogen and oxygen atoms in total. The Kier molecular flexibility index (Phi) is 5.30. The number of ketones is 1. The summed E-state index contributed by atoms with van der Waals surface area (Å²) in [5.74, 6) is -1.15. The van der Waals surface area contributed by atoms with E-state index in [-0.39, 0.29) is 35.2 Å². The van der Waals surface area contributed by atoms with Crippen LogP contribution < -0.4 is 19.1 Å². The Morgan fingerprint density at radius 2 is 1.85 bits per heavy atom. The molecule has 5 rings (SSSR count). The maximum absolute atomic E-state index is 13.2. The van der Waals surface area contributed by atoms with Gasteiger partial charge in [-0.1, -0.05) is 23.7 Å². The van der Waals surface area contributed by atoms with Gasteiger partial charge in [0, 0.05) is 16.3 Å². The van der Waals surface area contributed by atoms with Crippen molar-refractivity contribution in [2.45, 2.75) is 6.04 Å². The number of fused-ring (bicyclic) bond motifs is 1. The summed E-state index contributed by atoms with van der Waals surface area (Å²) in [6, 6.07) is 14.7. The molecule has 0 aromatic heterocycles. The fraction of sp³-hybridized carbons (Fsp3) is 0.120. The minimum atomic E-state index is -1.04. The van der Waals surface area contributed by atoms with Gasteiger partial charge in [-0.25, -0.2) is 0 Å². The second-order valence-corrected chi connectivity index (χ2v) is 8.08. The van der Waals surface area contributed by atoms with Crippen molar-refractivity contribution < 1.29 is 34.0 Å². The van der Waals surface area contributed by atoms with Gasteiger partial charge in [0.1, 0.15) is 5.76 Å². The number of phenols is 1. The highest BCUT2D eigenvalue weighted by molar-refractivity contribution is 6.51. The Morgan fingerprint density at radius 3 is 2.59 bits per heavy atom. The smallest absolute Gasteiger partial charge is 0.300 e. The predicted octanol–water partition coefficient (Wildman–Crippen LogP) is 4.41. The molecule has 2 aliphatic heterocycles. The van der Waals surface area contributed by atoms with Crippen molar-refractivity contribution in [3.8, 4) is 23.0 Å². The van der Waals surface area contributed by atoms with E-state index >= 15 is 0 Å². The van der Waals surface area contributed by atoms with Gasteiger partial charge in [0.15, 0.2) is 23.0 Å². The minimum Gasteiger partial charge on any atom is -0.507 e. The number of halogens is 1. The second kappa shape index (κ2) is 8.31. The fourth-order valence-electron chi connectivity index (χ4n) is 4.12. The Balaban J connectivity index is 1.72. The third-order valence-electron chi connectivity index (χ3n) is 5.70. The lowest BCUT2D eigenvalue weighted by molar-refractivity contribution is -0.132. The first-order valence-corrected chi connectivity index (χ1v) is 10.6. The predicted molar refractivity (Wildman–Crippen MR) is 123 cm³/mol. The van der Waals surface area contributed by atoms with Crippen molar-refractivity contribution in [3.05, 3.63) is 82.4 Å². The van der Waals surface area contributed by atoms with E-state index in [1.807, 2.05) is 0 Å². The molecule has 1 atom stereocenters. The molecule has 1 unspecified atom stereocenters. The van der Waals surface area contributed by atoms with Crippen molar-refractivity contribution in [1.82, 2.24) is 0 Å². The van der Waals surface area contributed by atoms with Crippen LogP contribution in [0.3, 0.4) is 0 Å². The van der Waals surface area contributed by atoms with Crippen LogP contribution in [-0.4, -0.2) is 35.8 Å². The van der Waals surface area contributed by atoms with Gasteiger partial charge < -0.3 is 24.4 Å². The third kappa shape index (κ3) is 3.48. The lowest BCUT2D eigenvalue weighted by atomic mass is 9.94. The number of hydrogen-bond acceptors (Lipinski definition) is 7. The third-order valence-corrected chi connectivity index (χ3v) is 5.93. The number of hydrogen-bond donors (Lipinski definition) is 2. The van der Waals surface area contributed by atoms with E-state index in [4.69, 9.17) is 25.8 Å². The second-order valence-electron chi connectivity index (χ2n) is 7.65. The topological polar surface area (TPSA) is 106 Å². The van der Waals surface area contributed by atoms with Crippen molar-refractivity contribution in [3.63, 3.8) is 0 Å². The fourth-order valence-corrected chi connectivity index (χ4v) is 4.30. The molecule has 0 spiro atoms. The zero-order valence-electron chi connectivity index (χ0n) is 17.8. The number of carbonyl (C=O) groups excluding carboxylic acids is 2. The maximum Gasteiger partial charge on any atom is 0.300 e. The first kappa shape index (κ1) is 21.7. The van der Waals surface area contributed by atoms with Gasteiger partial charge >= 0.3 is 0 Å². The molecule has 0 bridgehead atoms. The molecule has 0 saturated carbocycles. The van der Waals surface area contributed by atoms with E-state index in [0.29, 0.717) is 27.8 Å². The summed E-state index contributed by atoms with van der Waals surface area (Å²) >= 11 is 6.15. The molecule has 1 fully saturated rings. The molecule has 172 valence electrons. The Morgan fingerprint density at radius 1 is 1.06 bits per heavy atom. The number of benzene rings is 3. The number of aliphatic hydroxyl groups excluding tert-OH is 1. The van der Waals surface area contributed by atoms with Crippen LogP contribution in [0.15, 0.2) is 66.2 Å². The Labute approximate surface area is 199 Å². The SMILES string of the molecule is COc1ccc(C2/C(=C(/O)c3ccc4c(c3)OCO4)C(=O)C(=O)N2c2cccc(Cl)c2)cc1O. The zero-order chi connectivity index (χ0) is 24.0. The van der Waals surface area contributed by atoms with Crippen LogP contribution in [0.4, 0.5) is 5.69 Å². The number of Topliss-reactive ketones (excluding diaryl/α,β-unsaturated/α-hetero) is 1. The molecule has 3 aromatic rings. The van der Waals surface area contributed by atoms with Crippen LogP contribution in [0, 0.1) is 0 Å². The van der Waals surface area contributed by atoms with Crippen molar-refractivity contribution >= 4 is 34.7 Å². The molecule has 0 aliphatic carbocycles. The molecule has 2 aliphatic rings. The van der Waals surface area contributed by atoms with Crippen LogP contribution in [0.2, 0.25) is 5.02 Å². The van der Waals surface area contributed by atoms with E-state index < -0.39 is 17.7 Å². The van der Waals surface area contributed by atoms with Crippen molar-refractivity contribution in [2.75, 3.05) is 18.8 Å². The highest BCUT2D eigenvalue weighted by atomic mass is 35.5. The molecule has 1 amide bonds. The van der Waals surface area contributed by atoms with Gasteiger partial charge in [0.25, 0.3) is 11.7 Å². The van der Waals surface area contributed by atoms with E-state index in [1.54, 1.807) is 42.5 Å². The van der Waals surface area contributed by atoms with Gasteiger partial charge in [-0.05, 0) is 54.1 Å². The monoisotopic (exact) mass is 479 g/mol. The normalized spacial score (nSPS) is 18.4. The summed E-state index contributed by atoms with van der Waals surface area (Å²) in [4.78, 5) is 27.7. The number of ether oxygens (including phenoxy) is 3. The minimum absolute atomic E-state index is 0.0455. The summed E-state index contributed by atoms with van der Waals surface area (Å²) in [7, 11) is 1.41. The number of methoxy groups -OCH3 is 1. The van der Waals surface area contributed by atoms with Crippen LogP contribution in [0.1, 0.15) is 17.2 Å². The van der Waals surface area contributed by atoms with E-state index in [2.05, 4.69) is 0 Å². The Hall–Kier alpha value is -4.17.